The molecule has 2 aliphatic heterocycles. The van der Waals surface area contributed by atoms with Crippen molar-refractivity contribution < 1.29 is 0 Å². The van der Waals surface area contributed by atoms with E-state index in [1.807, 2.05) is 32.2 Å². The summed E-state index contributed by atoms with van der Waals surface area (Å²) in [5, 5.41) is 30.1. The summed E-state index contributed by atoms with van der Waals surface area (Å²) in [6.45, 7) is 13.9. The van der Waals surface area contributed by atoms with E-state index in [4.69, 9.17) is 5.10 Å². The first-order valence-corrected chi connectivity index (χ1v) is 19.3. The lowest BCUT2D eigenvalue weighted by molar-refractivity contribution is 0.0833. The van der Waals surface area contributed by atoms with Crippen molar-refractivity contribution in [3.05, 3.63) is 167 Å². The zero-order valence-corrected chi connectivity index (χ0v) is 32.0. The van der Waals surface area contributed by atoms with Crippen LogP contribution in [-0.4, -0.2) is 73.1 Å². The van der Waals surface area contributed by atoms with Crippen LogP contribution < -0.4 is 0 Å². The fourth-order valence-corrected chi connectivity index (χ4v) is 7.88. The zero-order chi connectivity index (χ0) is 37.8. The van der Waals surface area contributed by atoms with Crippen LogP contribution in [-0.2, 0) is 38.1 Å². The topological polar surface area (TPSA) is 111 Å². The van der Waals surface area contributed by atoms with Crippen molar-refractivity contribution in [1.29, 1.82) is 0 Å². The quantitative estimate of drug-likeness (QED) is 0.162. The minimum absolute atomic E-state index is 0.0381. The Kier molecular flexibility index (Phi) is 10.4. The van der Waals surface area contributed by atoms with Gasteiger partial charge in [-0.1, -0.05) is 124 Å². The molecule has 0 fully saturated rings. The smallest absolute Gasteiger partial charge is 0.176 e. The maximum atomic E-state index is 4.97. The first-order chi connectivity index (χ1) is 26.9. The first-order valence-electron chi connectivity index (χ1n) is 19.3. The van der Waals surface area contributed by atoms with Crippen LogP contribution in [0.2, 0.25) is 0 Å². The Morgan fingerprint density at radius 3 is 1.96 bits per heavy atom. The fourth-order valence-electron chi connectivity index (χ4n) is 7.88. The standard InChI is InChI=1S/C23H25N7.C20H23N5/c1-17(2)21-20(16-30(25-21)19-11-7-4-8-12-19)22-23-24-26-27-29(23)14-13-28(22)15-18-9-5-3-6-10-18;1-3-16-9-11-18(12-10-16)20(2)19-21-22-23-25(19)14-13-24(20)15-17-7-5-4-6-8-17/h3-12,16-17,22H,13-15H2,1-2H3;4-12H,3,13-15H2,1-2H3. The second-order valence-electron chi connectivity index (χ2n) is 14.8. The molecule has 4 aromatic carbocycles. The molecule has 7 aromatic rings. The average molecular weight is 733 g/mol. The van der Waals surface area contributed by atoms with Gasteiger partial charge >= 0.3 is 0 Å². The molecule has 2 unspecified atom stereocenters. The highest BCUT2D eigenvalue weighted by Crippen LogP contribution is 2.38. The molecule has 280 valence electrons. The number of aromatic nitrogens is 10. The Morgan fingerprint density at radius 1 is 0.673 bits per heavy atom. The Labute approximate surface area is 322 Å². The number of hydrogen-bond acceptors (Lipinski definition) is 9. The van der Waals surface area contributed by atoms with E-state index in [1.165, 1.54) is 27.8 Å². The van der Waals surface area contributed by atoms with Gasteiger partial charge in [0, 0.05) is 37.9 Å². The largest absolute Gasteiger partial charge is 0.283 e. The fraction of sp³-hybridized carbons (Fsp3) is 0.326. The van der Waals surface area contributed by atoms with Crippen LogP contribution >= 0.6 is 0 Å². The lowest BCUT2D eigenvalue weighted by atomic mass is 9.86. The lowest BCUT2D eigenvalue weighted by Gasteiger charge is -2.43. The number of hydrogen-bond donors (Lipinski definition) is 0. The highest BCUT2D eigenvalue weighted by molar-refractivity contribution is 5.38. The van der Waals surface area contributed by atoms with Gasteiger partial charge in [0.15, 0.2) is 11.6 Å². The monoisotopic (exact) mass is 732 g/mol. The molecule has 0 saturated carbocycles. The minimum atomic E-state index is -0.343. The predicted molar refractivity (Wildman–Crippen MR) is 211 cm³/mol. The van der Waals surface area contributed by atoms with E-state index in [9.17, 15) is 0 Å². The van der Waals surface area contributed by atoms with E-state index in [1.54, 1.807) is 0 Å². The molecule has 0 amide bonds. The van der Waals surface area contributed by atoms with Crippen molar-refractivity contribution >= 4 is 0 Å². The van der Waals surface area contributed by atoms with E-state index in [0.717, 1.165) is 68.7 Å². The van der Waals surface area contributed by atoms with E-state index < -0.39 is 0 Å². The van der Waals surface area contributed by atoms with Crippen LogP contribution in [0.25, 0.3) is 5.69 Å². The average Bonchev–Trinajstić information content (AvgIpc) is 4.02. The number of tetrazole rings is 2. The first kappa shape index (κ1) is 36.1. The molecule has 3 aromatic heterocycles. The second-order valence-corrected chi connectivity index (χ2v) is 14.8. The van der Waals surface area contributed by atoms with Gasteiger partial charge < -0.3 is 0 Å². The molecule has 2 atom stereocenters. The van der Waals surface area contributed by atoms with Gasteiger partial charge in [0.1, 0.15) is 11.6 Å². The summed E-state index contributed by atoms with van der Waals surface area (Å²) in [4.78, 5) is 4.94. The van der Waals surface area contributed by atoms with Crippen LogP contribution in [0.1, 0.15) is 84.8 Å². The second kappa shape index (κ2) is 15.9. The summed E-state index contributed by atoms with van der Waals surface area (Å²) in [6.07, 6.45) is 3.19. The lowest BCUT2D eigenvalue weighted by Crippen LogP contribution is -2.51. The molecule has 12 nitrogen and oxygen atoms in total. The molecule has 0 bridgehead atoms. The van der Waals surface area contributed by atoms with Crippen molar-refractivity contribution in [3.8, 4) is 5.69 Å². The predicted octanol–water partition coefficient (Wildman–Crippen LogP) is 6.60. The molecule has 12 heteroatoms. The number of para-hydroxylation sites is 1. The van der Waals surface area contributed by atoms with Gasteiger partial charge in [-0.15, -0.1) is 10.2 Å². The molecule has 0 N–H and O–H groups in total. The molecular weight excluding hydrogens is 685 g/mol. The third-order valence-corrected chi connectivity index (χ3v) is 11.0. The van der Waals surface area contributed by atoms with Gasteiger partial charge in [-0.2, -0.15) is 5.10 Å². The number of benzene rings is 4. The molecule has 5 heterocycles. The molecule has 0 saturated heterocycles. The molecule has 0 radical (unpaired) electrons. The summed E-state index contributed by atoms with van der Waals surface area (Å²) >= 11 is 0. The molecule has 0 aliphatic carbocycles. The summed E-state index contributed by atoms with van der Waals surface area (Å²) in [5.74, 6) is 2.08. The van der Waals surface area contributed by atoms with Gasteiger partial charge in [0.2, 0.25) is 0 Å². The Balaban J connectivity index is 0.000000158. The maximum Gasteiger partial charge on any atom is 0.176 e. The SMILES string of the molecule is CC(C)c1nn(-c2ccccc2)cc1C1c2nnnn2CCN1Cc1ccccc1.CCc1ccc(C2(C)c3nnnn3CCN2Cc2ccccc2)cc1. The van der Waals surface area contributed by atoms with Crippen LogP contribution in [0.15, 0.2) is 121 Å². The molecule has 0 spiro atoms. The van der Waals surface area contributed by atoms with Gasteiger partial charge in [-0.05, 0) is 74.5 Å². The van der Waals surface area contributed by atoms with Gasteiger partial charge in [0.05, 0.1) is 24.5 Å². The van der Waals surface area contributed by atoms with Crippen molar-refractivity contribution in [2.24, 2.45) is 0 Å². The van der Waals surface area contributed by atoms with Gasteiger partial charge in [0.25, 0.3) is 0 Å². The molecule has 2 aliphatic rings. The highest BCUT2D eigenvalue weighted by Gasteiger charge is 2.43. The zero-order valence-electron chi connectivity index (χ0n) is 32.0. The summed E-state index contributed by atoms with van der Waals surface area (Å²) in [5.41, 5.74) is 8.12. The third kappa shape index (κ3) is 7.35. The molecular formula is C43H48N12. The molecule has 55 heavy (non-hydrogen) atoms. The molecule has 9 rings (SSSR count). The summed E-state index contributed by atoms with van der Waals surface area (Å²) in [6, 6.07) is 40.3. The Hall–Kier alpha value is -5.85. The van der Waals surface area contributed by atoms with E-state index in [0.29, 0.717) is 0 Å². The maximum absolute atomic E-state index is 4.97. The number of aryl methyl sites for hydroxylation is 1. The van der Waals surface area contributed by atoms with E-state index in [2.05, 4.69) is 172 Å². The highest BCUT2D eigenvalue weighted by atomic mass is 15.6. The van der Waals surface area contributed by atoms with Crippen LogP contribution in [0.4, 0.5) is 0 Å². The van der Waals surface area contributed by atoms with Crippen LogP contribution in [0.5, 0.6) is 0 Å². The van der Waals surface area contributed by atoms with Crippen molar-refractivity contribution in [1.82, 2.24) is 60.0 Å². The van der Waals surface area contributed by atoms with Gasteiger partial charge in [-0.3, -0.25) is 9.80 Å². The van der Waals surface area contributed by atoms with E-state index >= 15 is 0 Å². The third-order valence-electron chi connectivity index (χ3n) is 11.0. The summed E-state index contributed by atoms with van der Waals surface area (Å²) < 4.78 is 5.85. The van der Waals surface area contributed by atoms with Crippen molar-refractivity contribution in [2.45, 2.75) is 77.8 Å². The van der Waals surface area contributed by atoms with Crippen molar-refractivity contribution in [3.63, 3.8) is 0 Å². The Morgan fingerprint density at radius 2 is 1.29 bits per heavy atom. The number of fused-ring (bicyclic) bond motifs is 2. The normalized spacial score (nSPS) is 18.4. The Bertz CT molecular complexity index is 2280. The van der Waals surface area contributed by atoms with E-state index in [-0.39, 0.29) is 17.5 Å². The number of nitrogens with zero attached hydrogens (tertiary/aromatic N) is 12. The summed E-state index contributed by atoms with van der Waals surface area (Å²) in [7, 11) is 0. The van der Waals surface area contributed by atoms with Crippen LogP contribution in [0, 0.1) is 0 Å². The number of rotatable bonds is 9. The van der Waals surface area contributed by atoms with Crippen molar-refractivity contribution in [2.75, 3.05) is 13.1 Å². The minimum Gasteiger partial charge on any atom is -0.283 e. The van der Waals surface area contributed by atoms with Gasteiger partial charge in [-0.25, -0.2) is 14.0 Å². The van der Waals surface area contributed by atoms with Crippen LogP contribution in [0.3, 0.4) is 0 Å².